The van der Waals surface area contributed by atoms with E-state index in [4.69, 9.17) is 5.14 Å². The van der Waals surface area contributed by atoms with Crippen molar-refractivity contribution in [1.82, 2.24) is 10.2 Å². The Morgan fingerprint density at radius 1 is 0.970 bits per heavy atom. The zero-order valence-corrected chi connectivity index (χ0v) is 19.0. The molecule has 1 atom stereocenters. The molecule has 4 rings (SSSR count). The topological polar surface area (TPSA) is 115 Å². The molecule has 0 saturated heterocycles. The first kappa shape index (κ1) is 22.8. The van der Waals surface area contributed by atoms with Crippen LogP contribution in [0, 0.1) is 5.82 Å². The molecular weight excluding hydrogens is 463 g/mol. The molecule has 0 radical (unpaired) electrons. The predicted molar refractivity (Wildman–Crippen MR) is 127 cm³/mol. The number of hydrogen-bond acceptors (Lipinski definition) is 6. The maximum Gasteiger partial charge on any atom is 0.238 e. The first-order valence-electron chi connectivity index (χ1n) is 9.84. The zero-order chi connectivity index (χ0) is 23.6. The van der Waals surface area contributed by atoms with E-state index in [9.17, 15) is 17.6 Å². The van der Waals surface area contributed by atoms with Gasteiger partial charge in [0.2, 0.25) is 15.9 Å². The molecule has 33 heavy (non-hydrogen) atoms. The number of thioether (sulfide) groups is 1. The van der Waals surface area contributed by atoms with Crippen molar-refractivity contribution in [3.8, 4) is 11.3 Å². The fourth-order valence-corrected chi connectivity index (χ4v) is 4.59. The van der Waals surface area contributed by atoms with Crippen molar-refractivity contribution >= 4 is 44.2 Å². The second-order valence-electron chi connectivity index (χ2n) is 7.22. The Bertz CT molecular complexity index is 1430. The Hall–Kier alpha value is -3.34. The number of amides is 1. The number of aromatic nitrogens is 2. The van der Waals surface area contributed by atoms with Gasteiger partial charge < -0.3 is 5.32 Å². The molecule has 168 valence electrons. The summed E-state index contributed by atoms with van der Waals surface area (Å²) in [7, 11) is -3.80. The van der Waals surface area contributed by atoms with Crippen LogP contribution in [0.15, 0.2) is 82.7 Å². The summed E-state index contributed by atoms with van der Waals surface area (Å²) in [6, 6.07) is 19.2. The molecule has 1 amide bonds. The van der Waals surface area contributed by atoms with Gasteiger partial charge in [0.1, 0.15) is 16.5 Å². The van der Waals surface area contributed by atoms with E-state index in [1.807, 2.05) is 24.3 Å². The Labute approximate surface area is 194 Å². The maximum absolute atomic E-state index is 13.3. The Kier molecular flexibility index (Phi) is 6.41. The van der Waals surface area contributed by atoms with Gasteiger partial charge in [-0.15, -0.1) is 10.2 Å². The van der Waals surface area contributed by atoms with Crippen LogP contribution in [0.3, 0.4) is 0 Å². The maximum atomic E-state index is 13.3. The summed E-state index contributed by atoms with van der Waals surface area (Å²) in [5, 5.41) is 18.3. The molecule has 0 aliphatic heterocycles. The first-order valence-corrected chi connectivity index (χ1v) is 12.3. The molecule has 0 spiro atoms. The van der Waals surface area contributed by atoms with E-state index in [0.29, 0.717) is 16.4 Å². The lowest BCUT2D eigenvalue weighted by atomic mass is 10.1. The normalized spacial score (nSPS) is 12.5. The van der Waals surface area contributed by atoms with Crippen molar-refractivity contribution in [3.05, 3.63) is 78.6 Å². The molecule has 3 aromatic carbocycles. The highest BCUT2D eigenvalue weighted by atomic mass is 32.2. The van der Waals surface area contributed by atoms with Crippen LogP contribution < -0.4 is 10.5 Å². The lowest BCUT2D eigenvalue weighted by Crippen LogP contribution is -2.22. The van der Waals surface area contributed by atoms with E-state index in [2.05, 4.69) is 15.5 Å². The smallest absolute Gasteiger partial charge is 0.238 e. The standard InChI is InChI=1S/C23H19FN4O3S2/c1-14(22(29)26-17-10-12-18(13-11-17)33(25,30)31)32-23-20-5-3-2-4-19(20)21(27-28-23)15-6-8-16(24)9-7-15/h2-14H,1H3,(H,26,29)(H2,25,30,31)/t14-/m0/s1. The monoisotopic (exact) mass is 482 g/mol. The van der Waals surface area contributed by atoms with Crippen molar-refractivity contribution in [2.75, 3.05) is 5.32 Å². The van der Waals surface area contributed by atoms with Gasteiger partial charge in [-0.3, -0.25) is 4.79 Å². The summed E-state index contributed by atoms with van der Waals surface area (Å²) in [5.74, 6) is -0.612. The van der Waals surface area contributed by atoms with Crippen LogP contribution >= 0.6 is 11.8 Å². The minimum Gasteiger partial charge on any atom is -0.325 e. The zero-order valence-electron chi connectivity index (χ0n) is 17.4. The molecular formula is C23H19FN4O3S2. The third-order valence-corrected chi connectivity index (χ3v) is 6.90. The van der Waals surface area contributed by atoms with Crippen molar-refractivity contribution < 1.29 is 17.6 Å². The number of fused-ring (bicyclic) bond motifs is 1. The van der Waals surface area contributed by atoms with Gasteiger partial charge >= 0.3 is 0 Å². The Balaban J connectivity index is 1.55. The fraction of sp³-hybridized carbons (Fsp3) is 0.0870. The number of nitrogens with zero attached hydrogens (tertiary/aromatic N) is 2. The minimum absolute atomic E-state index is 0.0362. The van der Waals surface area contributed by atoms with Crippen LogP contribution in [0.4, 0.5) is 10.1 Å². The number of anilines is 1. The number of halogens is 1. The van der Waals surface area contributed by atoms with Gasteiger partial charge in [-0.25, -0.2) is 17.9 Å². The van der Waals surface area contributed by atoms with E-state index in [0.717, 1.165) is 16.3 Å². The summed E-state index contributed by atoms with van der Waals surface area (Å²) in [6.07, 6.45) is 0. The Morgan fingerprint density at radius 2 is 1.61 bits per heavy atom. The fourth-order valence-electron chi connectivity index (χ4n) is 3.18. The van der Waals surface area contributed by atoms with E-state index in [1.54, 1.807) is 19.1 Å². The average Bonchev–Trinajstić information content (AvgIpc) is 2.80. The number of carbonyl (C=O) groups excluding carboxylic acids is 1. The summed E-state index contributed by atoms with van der Waals surface area (Å²) < 4.78 is 36.1. The molecule has 0 aliphatic carbocycles. The first-order chi connectivity index (χ1) is 15.7. The average molecular weight is 483 g/mol. The van der Waals surface area contributed by atoms with E-state index >= 15 is 0 Å². The van der Waals surface area contributed by atoms with Crippen molar-refractivity contribution in [2.24, 2.45) is 5.14 Å². The quantitative estimate of drug-likeness (QED) is 0.398. The largest absolute Gasteiger partial charge is 0.325 e. The number of hydrogen-bond donors (Lipinski definition) is 2. The SMILES string of the molecule is C[C@H](Sc1nnc(-c2ccc(F)cc2)c2ccccc12)C(=O)Nc1ccc(S(N)(=O)=O)cc1. The predicted octanol–water partition coefficient (Wildman–Crippen LogP) is 4.20. The lowest BCUT2D eigenvalue weighted by Gasteiger charge is -2.14. The summed E-state index contributed by atoms with van der Waals surface area (Å²) in [4.78, 5) is 12.7. The number of carbonyl (C=O) groups is 1. The van der Waals surface area contributed by atoms with Gasteiger partial charge in [-0.05, 0) is 55.5 Å². The number of sulfonamides is 1. The van der Waals surface area contributed by atoms with E-state index < -0.39 is 15.3 Å². The summed E-state index contributed by atoms with van der Waals surface area (Å²) in [5.41, 5.74) is 1.81. The lowest BCUT2D eigenvalue weighted by molar-refractivity contribution is -0.115. The highest BCUT2D eigenvalue weighted by Crippen LogP contribution is 2.33. The van der Waals surface area contributed by atoms with Crippen LogP contribution in [0.1, 0.15) is 6.92 Å². The van der Waals surface area contributed by atoms with Crippen LogP contribution in [-0.2, 0) is 14.8 Å². The van der Waals surface area contributed by atoms with E-state index in [-0.39, 0.29) is 16.6 Å². The number of benzene rings is 3. The number of nitrogens with one attached hydrogen (secondary N) is 1. The second-order valence-corrected chi connectivity index (χ2v) is 10.1. The molecule has 4 aromatic rings. The van der Waals surface area contributed by atoms with Crippen LogP contribution in [0.2, 0.25) is 0 Å². The summed E-state index contributed by atoms with van der Waals surface area (Å²) in [6.45, 7) is 1.74. The van der Waals surface area contributed by atoms with Gasteiger partial charge in [0.25, 0.3) is 0 Å². The number of nitrogens with two attached hydrogens (primary N) is 1. The van der Waals surface area contributed by atoms with Crippen molar-refractivity contribution in [1.29, 1.82) is 0 Å². The third kappa shape index (κ3) is 5.19. The van der Waals surface area contributed by atoms with E-state index in [1.165, 1.54) is 48.2 Å². The van der Waals surface area contributed by atoms with Gasteiger partial charge in [0.05, 0.1) is 10.1 Å². The van der Waals surface area contributed by atoms with Crippen molar-refractivity contribution in [2.45, 2.75) is 22.1 Å². The van der Waals surface area contributed by atoms with Crippen LogP contribution in [0.5, 0.6) is 0 Å². The Morgan fingerprint density at radius 3 is 2.24 bits per heavy atom. The van der Waals surface area contributed by atoms with Gasteiger partial charge in [0, 0.05) is 22.0 Å². The van der Waals surface area contributed by atoms with Crippen LogP contribution in [0.25, 0.3) is 22.0 Å². The highest BCUT2D eigenvalue weighted by molar-refractivity contribution is 8.00. The molecule has 0 bridgehead atoms. The minimum atomic E-state index is -3.80. The van der Waals surface area contributed by atoms with Crippen molar-refractivity contribution in [3.63, 3.8) is 0 Å². The molecule has 0 unspecified atom stereocenters. The van der Waals surface area contributed by atoms with Gasteiger partial charge in [-0.2, -0.15) is 0 Å². The molecule has 7 nitrogen and oxygen atoms in total. The molecule has 0 aliphatic rings. The number of primary sulfonamides is 1. The molecule has 10 heteroatoms. The number of rotatable bonds is 6. The van der Waals surface area contributed by atoms with Gasteiger partial charge in [0.15, 0.2) is 0 Å². The molecule has 1 heterocycles. The molecule has 0 saturated carbocycles. The molecule has 1 aromatic heterocycles. The highest BCUT2D eigenvalue weighted by Gasteiger charge is 2.19. The van der Waals surface area contributed by atoms with Crippen LogP contribution in [-0.4, -0.2) is 29.8 Å². The van der Waals surface area contributed by atoms with Gasteiger partial charge in [-0.1, -0.05) is 36.0 Å². The third-order valence-electron chi connectivity index (χ3n) is 4.88. The molecule has 3 N–H and O–H groups in total. The second kappa shape index (κ2) is 9.26. The molecule has 0 fully saturated rings. The summed E-state index contributed by atoms with van der Waals surface area (Å²) >= 11 is 1.25.